The summed E-state index contributed by atoms with van der Waals surface area (Å²) in [6.45, 7) is 3.46. The number of amides is 2. The number of hydrogen-bond donors (Lipinski definition) is 2. The van der Waals surface area contributed by atoms with Crippen molar-refractivity contribution in [3.63, 3.8) is 0 Å². The van der Waals surface area contributed by atoms with Crippen LogP contribution in [0.1, 0.15) is 43.7 Å². The number of hydrogen-bond acceptors (Lipinski definition) is 5. The second-order valence-corrected chi connectivity index (χ2v) is 10.7. The SMILES string of the molecule is CC(C(=O)NCCCO)N(Cc1ccccc1)C(=O)CCc1ccc(S(=O)(=O)N2CCCC2)cc1. The van der Waals surface area contributed by atoms with Crippen molar-refractivity contribution in [2.24, 2.45) is 0 Å². The molecule has 8 nitrogen and oxygen atoms in total. The van der Waals surface area contributed by atoms with Crippen molar-refractivity contribution in [3.8, 4) is 0 Å². The minimum absolute atomic E-state index is 0.0144. The number of sulfonamides is 1. The van der Waals surface area contributed by atoms with E-state index in [1.165, 1.54) is 4.31 Å². The number of aliphatic hydroxyl groups is 1. The number of rotatable bonds is 12. The van der Waals surface area contributed by atoms with E-state index in [9.17, 15) is 18.0 Å². The van der Waals surface area contributed by atoms with Crippen molar-refractivity contribution in [1.29, 1.82) is 0 Å². The van der Waals surface area contributed by atoms with Gasteiger partial charge in [-0.1, -0.05) is 42.5 Å². The summed E-state index contributed by atoms with van der Waals surface area (Å²) in [6.07, 6.45) is 2.86. The molecule has 2 aromatic rings. The largest absolute Gasteiger partial charge is 0.396 e. The zero-order valence-electron chi connectivity index (χ0n) is 20.2. The fourth-order valence-electron chi connectivity index (χ4n) is 4.10. The molecule has 2 amide bonds. The average molecular weight is 502 g/mol. The molecule has 0 aliphatic carbocycles. The van der Waals surface area contributed by atoms with Gasteiger partial charge in [0.2, 0.25) is 21.8 Å². The van der Waals surface area contributed by atoms with E-state index in [0.717, 1.165) is 24.0 Å². The van der Waals surface area contributed by atoms with Crippen molar-refractivity contribution in [3.05, 3.63) is 65.7 Å². The Kier molecular flexibility index (Phi) is 9.83. The smallest absolute Gasteiger partial charge is 0.243 e. The van der Waals surface area contributed by atoms with E-state index in [-0.39, 0.29) is 29.7 Å². The van der Waals surface area contributed by atoms with Crippen LogP contribution in [0.25, 0.3) is 0 Å². The Morgan fingerprint density at radius 2 is 1.69 bits per heavy atom. The molecule has 1 aliphatic heterocycles. The predicted octanol–water partition coefficient (Wildman–Crippen LogP) is 2.32. The van der Waals surface area contributed by atoms with E-state index in [1.807, 2.05) is 30.3 Å². The van der Waals surface area contributed by atoms with Gasteiger partial charge >= 0.3 is 0 Å². The van der Waals surface area contributed by atoms with E-state index in [2.05, 4.69) is 5.32 Å². The molecule has 1 saturated heterocycles. The molecule has 0 saturated carbocycles. The Labute approximate surface area is 208 Å². The Morgan fingerprint density at radius 1 is 1.03 bits per heavy atom. The monoisotopic (exact) mass is 501 g/mol. The van der Waals surface area contributed by atoms with Crippen LogP contribution < -0.4 is 5.32 Å². The van der Waals surface area contributed by atoms with Gasteiger partial charge in [-0.2, -0.15) is 4.31 Å². The van der Waals surface area contributed by atoms with Gasteiger partial charge in [0.05, 0.1) is 4.90 Å². The van der Waals surface area contributed by atoms with Gasteiger partial charge in [-0.3, -0.25) is 9.59 Å². The van der Waals surface area contributed by atoms with Crippen LogP contribution in [-0.2, 0) is 32.6 Å². The minimum atomic E-state index is -3.47. The lowest BCUT2D eigenvalue weighted by Gasteiger charge is -2.29. The van der Waals surface area contributed by atoms with E-state index < -0.39 is 16.1 Å². The molecule has 35 heavy (non-hydrogen) atoms. The molecule has 190 valence electrons. The highest BCUT2D eigenvalue weighted by atomic mass is 32.2. The lowest BCUT2D eigenvalue weighted by Crippen LogP contribution is -2.47. The molecule has 0 bridgehead atoms. The van der Waals surface area contributed by atoms with Crippen LogP contribution in [0.4, 0.5) is 0 Å². The maximum atomic E-state index is 13.2. The van der Waals surface area contributed by atoms with Crippen LogP contribution in [-0.4, -0.2) is 66.8 Å². The molecule has 3 rings (SSSR count). The highest BCUT2D eigenvalue weighted by Crippen LogP contribution is 2.21. The topological polar surface area (TPSA) is 107 Å². The Balaban J connectivity index is 1.65. The lowest BCUT2D eigenvalue weighted by atomic mass is 10.1. The quantitative estimate of drug-likeness (QED) is 0.434. The highest BCUT2D eigenvalue weighted by molar-refractivity contribution is 7.89. The van der Waals surface area contributed by atoms with Gasteiger partial charge in [-0.25, -0.2) is 8.42 Å². The van der Waals surface area contributed by atoms with Gasteiger partial charge in [0, 0.05) is 39.2 Å². The molecule has 9 heteroatoms. The maximum absolute atomic E-state index is 13.2. The minimum Gasteiger partial charge on any atom is -0.396 e. The molecule has 1 unspecified atom stereocenters. The van der Waals surface area contributed by atoms with Gasteiger partial charge in [0.15, 0.2) is 0 Å². The summed E-state index contributed by atoms with van der Waals surface area (Å²) in [5, 5.41) is 11.7. The van der Waals surface area contributed by atoms with Crippen molar-refractivity contribution >= 4 is 21.8 Å². The number of aryl methyl sites for hydroxylation is 1. The normalized spacial score (nSPS) is 15.0. The fourth-order valence-corrected chi connectivity index (χ4v) is 5.62. The molecule has 2 N–H and O–H groups in total. The molecular weight excluding hydrogens is 466 g/mol. The molecule has 1 fully saturated rings. The second kappa shape index (κ2) is 12.8. The first-order valence-corrected chi connectivity index (χ1v) is 13.6. The molecule has 1 heterocycles. The predicted molar refractivity (Wildman–Crippen MR) is 134 cm³/mol. The van der Waals surface area contributed by atoms with Gasteiger partial charge < -0.3 is 15.3 Å². The summed E-state index contributed by atoms with van der Waals surface area (Å²) >= 11 is 0. The number of carbonyl (C=O) groups is 2. The number of nitrogens with zero attached hydrogens (tertiary/aromatic N) is 2. The number of aliphatic hydroxyl groups excluding tert-OH is 1. The maximum Gasteiger partial charge on any atom is 0.243 e. The van der Waals surface area contributed by atoms with Crippen molar-refractivity contribution in [1.82, 2.24) is 14.5 Å². The van der Waals surface area contributed by atoms with Crippen LogP contribution in [0.15, 0.2) is 59.5 Å². The third-order valence-corrected chi connectivity index (χ3v) is 8.16. The van der Waals surface area contributed by atoms with E-state index >= 15 is 0 Å². The first kappa shape index (κ1) is 26.8. The van der Waals surface area contributed by atoms with Gasteiger partial charge in [-0.05, 0) is 55.9 Å². The van der Waals surface area contributed by atoms with E-state index in [4.69, 9.17) is 5.11 Å². The van der Waals surface area contributed by atoms with Gasteiger partial charge in [0.25, 0.3) is 0 Å². The highest BCUT2D eigenvalue weighted by Gasteiger charge is 2.28. The summed E-state index contributed by atoms with van der Waals surface area (Å²) in [4.78, 5) is 27.7. The molecule has 1 aliphatic rings. The molecular formula is C26H35N3O5S. The fraction of sp³-hybridized carbons (Fsp3) is 0.462. The van der Waals surface area contributed by atoms with Crippen LogP contribution in [0.5, 0.6) is 0 Å². The summed E-state index contributed by atoms with van der Waals surface area (Å²) in [6, 6.07) is 15.5. The third kappa shape index (κ3) is 7.37. The van der Waals surface area contributed by atoms with E-state index in [0.29, 0.717) is 39.0 Å². The number of carbonyl (C=O) groups excluding carboxylic acids is 2. The first-order chi connectivity index (χ1) is 16.8. The Bertz CT molecular complexity index is 1070. The lowest BCUT2D eigenvalue weighted by molar-refractivity contribution is -0.140. The third-order valence-electron chi connectivity index (χ3n) is 6.25. The molecule has 0 spiro atoms. The summed E-state index contributed by atoms with van der Waals surface area (Å²) < 4.78 is 27.0. The summed E-state index contributed by atoms with van der Waals surface area (Å²) in [5.74, 6) is -0.424. The number of benzene rings is 2. The van der Waals surface area contributed by atoms with Crippen molar-refractivity contribution in [2.75, 3.05) is 26.2 Å². The molecule has 2 aromatic carbocycles. The van der Waals surface area contributed by atoms with Crippen molar-refractivity contribution < 1.29 is 23.1 Å². The number of nitrogens with one attached hydrogen (secondary N) is 1. The Hall–Kier alpha value is -2.75. The summed E-state index contributed by atoms with van der Waals surface area (Å²) in [7, 11) is -3.47. The zero-order chi connectivity index (χ0) is 25.3. The van der Waals surface area contributed by atoms with Crippen LogP contribution >= 0.6 is 0 Å². The zero-order valence-corrected chi connectivity index (χ0v) is 21.0. The van der Waals surface area contributed by atoms with Crippen LogP contribution in [0.2, 0.25) is 0 Å². The average Bonchev–Trinajstić information content (AvgIpc) is 3.42. The standard InChI is InChI=1S/C26H35N3O5S/c1-21(26(32)27-16-7-19-30)29(20-23-8-3-2-4-9-23)25(31)15-12-22-10-13-24(14-11-22)35(33,34)28-17-5-6-18-28/h2-4,8-11,13-14,21,30H,5-7,12,15-20H2,1H3,(H,27,32). The first-order valence-electron chi connectivity index (χ1n) is 12.1. The van der Waals surface area contributed by atoms with Crippen LogP contribution in [0.3, 0.4) is 0 Å². The van der Waals surface area contributed by atoms with Crippen LogP contribution in [0, 0.1) is 0 Å². The molecule has 0 radical (unpaired) electrons. The summed E-state index contributed by atoms with van der Waals surface area (Å²) in [5.41, 5.74) is 1.78. The Morgan fingerprint density at radius 3 is 2.31 bits per heavy atom. The second-order valence-electron chi connectivity index (χ2n) is 8.81. The van der Waals surface area contributed by atoms with Gasteiger partial charge in [0.1, 0.15) is 6.04 Å². The van der Waals surface area contributed by atoms with Crippen molar-refractivity contribution in [2.45, 2.75) is 56.5 Å². The molecule has 0 aromatic heterocycles. The van der Waals surface area contributed by atoms with Gasteiger partial charge in [-0.15, -0.1) is 0 Å². The molecule has 1 atom stereocenters. The van der Waals surface area contributed by atoms with E-state index in [1.54, 1.807) is 36.1 Å².